The lowest BCUT2D eigenvalue weighted by atomic mass is 9.94. The summed E-state index contributed by atoms with van der Waals surface area (Å²) in [6.07, 6.45) is 0.571. The van der Waals surface area contributed by atoms with Crippen LogP contribution in [0.15, 0.2) is 60.9 Å². The standard InChI is InChI=1S/C20H22F3N3O.C17H18IN3O2.ClH/c1-12(2)16-5-4-13(9-17(16)20(21,22)23)19(27)25-15-8-14-11-26(3)7-6-18(14)24-10-15;1-21-6-5-15-12(10-21)7-13(9-19-15)20-17(22)11-3-4-16(23-2)14(18)8-11;/h4-5,8-10,12H,6-7,11H2,1-3H3,(H,25,27);3-4,7-9H,5-6,10H2,1-2H3,(H,20,22);1H. The number of hydrogen-bond acceptors (Lipinski definition) is 7. The number of nitrogens with zero attached hydrogens (tertiary/aromatic N) is 4. The second-order valence-electron chi connectivity index (χ2n) is 12.8. The number of rotatable bonds is 6. The Balaban J connectivity index is 0.000000227. The van der Waals surface area contributed by atoms with Crippen molar-refractivity contribution in [2.75, 3.05) is 44.9 Å². The molecule has 2 aromatic heterocycles. The van der Waals surface area contributed by atoms with Gasteiger partial charge in [-0.3, -0.25) is 19.6 Å². The van der Waals surface area contributed by atoms with Gasteiger partial charge < -0.3 is 25.2 Å². The Morgan fingerprint density at radius 3 is 1.76 bits per heavy atom. The number of carbonyl (C=O) groups is 2. The van der Waals surface area contributed by atoms with E-state index in [9.17, 15) is 22.8 Å². The number of benzene rings is 2. The highest BCUT2D eigenvalue weighted by Crippen LogP contribution is 2.36. The molecule has 51 heavy (non-hydrogen) atoms. The first-order valence-electron chi connectivity index (χ1n) is 16.2. The van der Waals surface area contributed by atoms with E-state index in [2.05, 4.69) is 60.0 Å². The number of hydrogen-bond donors (Lipinski definition) is 2. The average molecular weight is 837 g/mol. The van der Waals surface area contributed by atoms with Gasteiger partial charge in [-0.2, -0.15) is 13.2 Å². The van der Waals surface area contributed by atoms with Crippen LogP contribution in [0.1, 0.15) is 74.1 Å². The van der Waals surface area contributed by atoms with E-state index in [1.165, 1.54) is 17.7 Å². The summed E-state index contributed by atoms with van der Waals surface area (Å²) in [7, 11) is 5.71. The Labute approximate surface area is 315 Å². The lowest BCUT2D eigenvalue weighted by Crippen LogP contribution is -2.27. The molecule has 9 nitrogen and oxygen atoms in total. The predicted molar refractivity (Wildman–Crippen MR) is 203 cm³/mol. The molecule has 0 atom stereocenters. The highest BCUT2D eigenvalue weighted by Gasteiger charge is 2.34. The van der Waals surface area contributed by atoms with Crippen LogP contribution in [0.25, 0.3) is 0 Å². The Morgan fingerprint density at radius 2 is 1.31 bits per heavy atom. The molecule has 0 saturated carbocycles. The zero-order chi connectivity index (χ0) is 36.2. The third-order valence-corrected chi connectivity index (χ3v) is 9.48. The van der Waals surface area contributed by atoms with Crippen LogP contribution in [0.4, 0.5) is 24.5 Å². The first-order valence-corrected chi connectivity index (χ1v) is 17.3. The van der Waals surface area contributed by atoms with Gasteiger partial charge in [0.2, 0.25) is 0 Å². The quantitative estimate of drug-likeness (QED) is 0.191. The molecule has 0 saturated heterocycles. The Morgan fingerprint density at radius 1 is 0.824 bits per heavy atom. The minimum atomic E-state index is -4.51. The van der Waals surface area contributed by atoms with Crippen molar-refractivity contribution in [1.29, 1.82) is 0 Å². The number of likely N-dealkylation sites (N-methyl/N-ethyl adjacent to an activating group) is 2. The van der Waals surface area contributed by atoms with E-state index in [1.807, 2.05) is 25.2 Å². The summed E-state index contributed by atoms with van der Waals surface area (Å²) in [4.78, 5) is 38.2. The number of nitrogens with one attached hydrogen (secondary N) is 2. The van der Waals surface area contributed by atoms with Crippen molar-refractivity contribution in [1.82, 2.24) is 19.8 Å². The van der Waals surface area contributed by atoms with Crippen LogP contribution in [0.2, 0.25) is 0 Å². The normalized spacial score (nSPS) is 14.3. The van der Waals surface area contributed by atoms with Crippen LogP contribution < -0.4 is 15.4 Å². The third-order valence-electron chi connectivity index (χ3n) is 8.63. The molecule has 0 unspecified atom stereocenters. The molecule has 272 valence electrons. The van der Waals surface area contributed by atoms with Crippen LogP contribution in [0.5, 0.6) is 5.75 Å². The zero-order valence-corrected chi connectivity index (χ0v) is 32.0. The van der Waals surface area contributed by atoms with Gasteiger partial charge in [0, 0.05) is 61.5 Å². The van der Waals surface area contributed by atoms with Gasteiger partial charge in [-0.05, 0) is 102 Å². The van der Waals surface area contributed by atoms with Crippen molar-refractivity contribution >= 4 is 58.2 Å². The summed E-state index contributed by atoms with van der Waals surface area (Å²) in [5.41, 5.74) is 5.52. The van der Waals surface area contributed by atoms with Gasteiger partial charge in [0.15, 0.2) is 0 Å². The van der Waals surface area contributed by atoms with Gasteiger partial charge in [0.05, 0.1) is 40.0 Å². The summed E-state index contributed by atoms with van der Waals surface area (Å²) < 4.78 is 46.2. The maximum absolute atomic E-state index is 13.4. The van der Waals surface area contributed by atoms with Gasteiger partial charge in [-0.1, -0.05) is 19.9 Å². The van der Waals surface area contributed by atoms with E-state index in [1.54, 1.807) is 45.5 Å². The van der Waals surface area contributed by atoms with Crippen molar-refractivity contribution in [3.8, 4) is 5.75 Å². The number of anilines is 2. The minimum Gasteiger partial charge on any atom is -0.496 e. The lowest BCUT2D eigenvalue weighted by molar-refractivity contribution is -0.138. The number of carbonyl (C=O) groups excluding carboxylic acids is 2. The number of alkyl halides is 3. The maximum Gasteiger partial charge on any atom is 0.416 e. The molecule has 0 spiro atoms. The van der Waals surface area contributed by atoms with E-state index in [4.69, 9.17) is 4.74 Å². The molecule has 0 aliphatic carbocycles. The van der Waals surface area contributed by atoms with Gasteiger partial charge in [0.25, 0.3) is 11.8 Å². The van der Waals surface area contributed by atoms with Crippen LogP contribution >= 0.6 is 35.0 Å². The van der Waals surface area contributed by atoms with Crippen LogP contribution in [0.3, 0.4) is 0 Å². The van der Waals surface area contributed by atoms with Crippen molar-refractivity contribution in [3.05, 3.63) is 109 Å². The summed E-state index contributed by atoms with van der Waals surface area (Å²) in [6.45, 7) is 6.93. The fourth-order valence-corrected chi connectivity index (χ4v) is 6.67. The van der Waals surface area contributed by atoms with E-state index in [0.717, 1.165) is 77.0 Å². The fourth-order valence-electron chi connectivity index (χ4n) is 5.93. The first-order chi connectivity index (χ1) is 23.7. The van der Waals surface area contributed by atoms with E-state index >= 15 is 0 Å². The maximum atomic E-state index is 13.4. The third kappa shape index (κ3) is 10.2. The molecule has 2 aliphatic rings. The Bertz CT molecular complexity index is 1890. The van der Waals surface area contributed by atoms with E-state index < -0.39 is 17.6 Å². The number of aromatic nitrogens is 2. The highest BCUT2D eigenvalue weighted by molar-refractivity contribution is 14.1. The van der Waals surface area contributed by atoms with Gasteiger partial charge >= 0.3 is 6.18 Å². The topological polar surface area (TPSA) is 99.7 Å². The largest absolute Gasteiger partial charge is 0.496 e. The van der Waals surface area contributed by atoms with Crippen molar-refractivity contribution in [2.45, 2.75) is 51.9 Å². The summed E-state index contributed by atoms with van der Waals surface area (Å²) in [5, 5.41) is 5.59. The highest BCUT2D eigenvalue weighted by atomic mass is 127. The molecule has 2 aromatic carbocycles. The average Bonchev–Trinajstić information content (AvgIpc) is 3.07. The Hall–Kier alpha value is -3.79. The predicted octanol–water partition coefficient (Wildman–Crippen LogP) is 7.82. The SMILES string of the molecule is CC(C)c1ccc(C(=O)Nc2cnc3c(c2)CN(C)CC3)cc1C(F)(F)F.COc1ccc(C(=O)Nc2cnc3c(c2)CN(C)CC3)cc1I.Cl. The van der Waals surface area contributed by atoms with Crippen molar-refractivity contribution in [3.63, 3.8) is 0 Å². The smallest absolute Gasteiger partial charge is 0.416 e. The molecule has 4 aromatic rings. The molecular formula is C37H41ClF3IN6O3. The molecule has 2 amide bonds. The summed E-state index contributed by atoms with van der Waals surface area (Å²) >= 11 is 2.16. The summed E-state index contributed by atoms with van der Waals surface area (Å²) in [5.74, 6) is -0.251. The molecule has 0 bridgehead atoms. The number of fused-ring (bicyclic) bond motifs is 2. The van der Waals surface area contributed by atoms with Crippen LogP contribution in [-0.4, -0.2) is 65.9 Å². The van der Waals surface area contributed by atoms with Gasteiger partial charge in [-0.25, -0.2) is 0 Å². The molecule has 0 fully saturated rings. The van der Waals surface area contributed by atoms with E-state index in [-0.39, 0.29) is 35.4 Å². The second-order valence-corrected chi connectivity index (χ2v) is 14.0. The molecular weight excluding hydrogens is 796 g/mol. The molecule has 2 N–H and O–H groups in total. The first kappa shape index (κ1) is 40.0. The molecule has 6 rings (SSSR count). The minimum absolute atomic E-state index is 0. The van der Waals surface area contributed by atoms with Crippen LogP contribution in [0, 0.1) is 3.57 Å². The van der Waals surface area contributed by atoms with Crippen molar-refractivity contribution < 1.29 is 27.5 Å². The number of methoxy groups -OCH3 is 1. The van der Waals surface area contributed by atoms with E-state index in [0.29, 0.717) is 11.3 Å². The number of pyridine rings is 2. The van der Waals surface area contributed by atoms with Crippen molar-refractivity contribution in [2.24, 2.45) is 0 Å². The summed E-state index contributed by atoms with van der Waals surface area (Å²) in [6, 6.07) is 13.0. The number of halogens is 5. The number of amides is 2. The van der Waals surface area contributed by atoms with Gasteiger partial charge in [0.1, 0.15) is 5.75 Å². The monoisotopic (exact) mass is 836 g/mol. The molecule has 0 radical (unpaired) electrons. The zero-order valence-electron chi connectivity index (χ0n) is 29.0. The molecule has 2 aliphatic heterocycles. The lowest BCUT2D eigenvalue weighted by Gasteiger charge is -2.24. The number of ether oxygens (including phenoxy) is 1. The fraction of sp³-hybridized carbons (Fsp3) is 0.351. The van der Waals surface area contributed by atoms with Crippen LogP contribution in [-0.2, 0) is 32.1 Å². The Kier molecular flexibility index (Phi) is 13.4. The van der Waals surface area contributed by atoms with Gasteiger partial charge in [-0.15, -0.1) is 12.4 Å². The molecule has 4 heterocycles. The molecule has 14 heteroatoms. The second kappa shape index (κ2) is 17.2.